The van der Waals surface area contributed by atoms with Crippen molar-refractivity contribution >= 4 is 23.2 Å². The largest absolute Gasteiger partial charge is 0.369 e. The van der Waals surface area contributed by atoms with Gasteiger partial charge in [-0.2, -0.15) is 0 Å². The maximum Gasteiger partial charge on any atom is 0.263 e. The van der Waals surface area contributed by atoms with E-state index in [1.54, 1.807) is 0 Å². The van der Waals surface area contributed by atoms with E-state index in [1.165, 1.54) is 24.2 Å². The summed E-state index contributed by atoms with van der Waals surface area (Å²) in [7, 11) is 0. The van der Waals surface area contributed by atoms with E-state index in [4.69, 9.17) is 5.73 Å². The molecule has 2 fully saturated rings. The van der Waals surface area contributed by atoms with Gasteiger partial charge in [-0.05, 0) is 36.6 Å². The Labute approximate surface area is 122 Å². The molecule has 0 spiro atoms. The lowest BCUT2D eigenvalue weighted by atomic mass is 9.73. The van der Waals surface area contributed by atoms with Crippen molar-refractivity contribution < 1.29 is 9.59 Å². The third-order valence-corrected chi connectivity index (χ3v) is 5.50. The molecule has 0 atom stereocenters. The van der Waals surface area contributed by atoms with Crippen LogP contribution in [0, 0.1) is 11.3 Å². The molecule has 108 valence electrons. The van der Waals surface area contributed by atoms with Crippen LogP contribution in [0.1, 0.15) is 41.8 Å². The first kappa shape index (κ1) is 13.6. The van der Waals surface area contributed by atoms with Crippen molar-refractivity contribution in [2.45, 2.75) is 32.1 Å². The second-order valence-electron chi connectivity index (χ2n) is 6.06. The van der Waals surface area contributed by atoms with E-state index in [1.807, 2.05) is 22.4 Å². The topological polar surface area (TPSA) is 63.4 Å². The number of carbonyl (C=O) groups is 2. The number of likely N-dealkylation sites (tertiary alicyclic amines) is 1. The van der Waals surface area contributed by atoms with Crippen LogP contribution in [0.15, 0.2) is 17.5 Å². The first-order chi connectivity index (χ1) is 9.61. The molecule has 2 N–H and O–H groups in total. The summed E-state index contributed by atoms with van der Waals surface area (Å²) in [5.74, 6) is 0.596. The normalized spacial score (nSPS) is 21.7. The summed E-state index contributed by atoms with van der Waals surface area (Å²) in [4.78, 5) is 26.8. The number of hydrogen-bond donors (Lipinski definition) is 1. The van der Waals surface area contributed by atoms with E-state index in [0.29, 0.717) is 19.0 Å². The molecule has 5 heteroatoms. The highest BCUT2D eigenvalue weighted by molar-refractivity contribution is 7.12. The Bertz CT molecular complexity index is 500. The fraction of sp³-hybridized carbons (Fsp3) is 0.600. The molecule has 1 aromatic heterocycles. The molecule has 1 saturated heterocycles. The molecule has 0 radical (unpaired) electrons. The summed E-state index contributed by atoms with van der Waals surface area (Å²) in [5.41, 5.74) is 5.29. The van der Waals surface area contributed by atoms with Gasteiger partial charge in [-0.1, -0.05) is 18.9 Å². The highest BCUT2D eigenvalue weighted by Crippen LogP contribution is 2.45. The predicted octanol–water partition coefficient (Wildman–Crippen LogP) is 2.26. The Balaban J connectivity index is 1.65. The van der Waals surface area contributed by atoms with Crippen molar-refractivity contribution in [2.75, 3.05) is 13.1 Å². The molecule has 1 aromatic rings. The average molecular weight is 292 g/mol. The Hall–Kier alpha value is -1.36. The van der Waals surface area contributed by atoms with E-state index in [2.05, 4.69) is 0 Å². The van der Waals surface area contributed by atoms with Gasteiger partial charge in [0.1, 0.15) is 0 Å². The van der Waals surface area contributed by atoms with Crippen LogP contribution in [-0.2, 0) is 4.79 Å². The maximum atomic E-state index is 12.3. The van der Waals surface area contributed by atoms with Gasteiger partial charge < -0.3 is 10.6 Å². The fourth-order valence-electron chi connectivity index (χ4n) is 3.12. The van der Waals surface area contributed by atoms with Crippen molar-refractivity contribution in [1.82, 2.24) is 4.90 Å². The minimum absolute atomic E-state index is 0.0875. The predicted molar refractivity (Wildman–Crippen MR) is 78.4 cm³/mol. The van der Waals surface area contributed by atoms with E-state index >= 15 is 0 Å². The molecular weight excluding hydrogens is 272 g/mol. The van der Waals surface area contributed by atoms with Crippen LogP contribution in [0.25, 0.3) is 0 Å². The molecule has 1 aliphatic heterocycles. The van der Waals surface area contributed by atoms with Gasteiger partial charge in [0.05, 0.1) is 10.3 Å². The minimum Gasteiger partial charge on any atom is -0.369 e. The molecule has 2 amide bonds. The van der Waals surface area contributed by atoms with Crippen LogP contribution in [0.5, 0.6) is 0 Å². The van der Waals surface area contributed by atoms with Gasteiger partial charge in [0.25, 0.3) is 5.91 Å². The number of nitrogens with two attached hydrogens (primary N) is 1. The van der Waals surface area contributed by atoms with Gasteiger partial charge >= 0.3 is 0 Å². The summed E-state index contributed by atoms with van der Waals surface area (Å²) in [6.45, 7) is 1.29. The highest BCUT2D eigenvalue weighted by atomic mass is 32.1. The number of piperidine rings is 1. The summed E-state index contributed by atoms with van der Waals surface area (Å²) in [5, 5.41) is 1.91. The highest BCUT2D eigenvalue weighted by Gasteiger charge is 2.44. The standard InChI is InChI=1S/C15H20N2O2S/c16-14(19)15(10-11-3-4-11)5-7-17(8-6-15)13(18)12-2-1-9-20-12/h1-2,9,11H,3-8,10H2,(H2,16,19). The van der Waals surface area contributed by atoms with Gasteiger partial charge in [-0.25, -0.2) is 0 Å². The molecule has 1 saturated carbocycles. The summed E-state index contributed by atoms with van der Waals surface area (Å²) in [6.07, 6.45) is 4.81. The van der Waals surface area contributed by atoms with Crippen LogP contribution in [0.3, 0.4) is 0 Å². The summed E-state index contributed by atoms with van der Waals surface area (Å²) in [6, 6.07) is 3.75. The Morgan fingerprint density at radius 2 is 2.05 bits per heavy atom. The van der Waals surface area contributed by atoms with Gasteiger partial charge in [-0.3, -0.25) is 9.59 Å². The molecule has 0 unspecified atom stereocenters. The van der Waals surface area contributed by atoms with Crippen LogP contribution in [0.4, 0.5) is 0 Å². The van der Waals surface area contributed by atoms with Crippen molar-refractivity contribution in [3.05, 3.63) is 22.4 Å². The Kier molecular flexibility index (Phi) is 3.54. The third kappa shape index (κ3) is 2.59. The van der Waals surface area contributed by atoms with E-state index in [-0.39, 0.29) is 17.2 Å². The zero-order chi connectivity index (χ0) is 14.2. The fourth-order valence-corrected chi connectivity index (χ4v) is 3.81. The van der Waals surface area contributed by atoms with E-state index in [0.717, 1.165) is 24.1 Å². The monoisotopic (exact) mass is 292 g/mol. The zero-order valence-electron chi connectivity index (χ0n) is 11.5. The second-order valence-corrected chi connectivity index (χ2v) is 7.01. The SMILES string of the molecule is NC(=O)C1(CC2CC2)CCN(C(=O)c2cccs2)CC1. The molecule has 0 aromatic carbocycles. The smallest absolute Gasteiger partial charge is 0.263 e. The van der Waals surface area contributed by atoms with Gasteiger partial charge in [0.2, 0.25) is 5.91 Å². The first-order valence-electron chi connectivity index (χ1n) is 7.23. The van der Waals surface area contributed by atoms with Gasteiger partial charge in [0.15, 0.2) is 0 Å². The Morgan fingerprint density at radius 3 is 2.55 bits per heavy atom. The van der Waals surface area contributed by atoms with Crippen LogP contribution < -0.4 is 5.73 Å². The minimum atomic E-state index is -0.368. The van der Waals surface area contributed by atoms with Crippen molar-refractivity contribution in [3.63, 3.8) is 0 Å². The third-order valence-electron chi connectivity index (χ3n) is 4.64. The van der Waals surface area contributed by atoms with Crippen LogP contribution in [0.2, 0.25) is 0 Å². The lowest BCUT2D eigenvalue weighted by Crippen LogP contribution is -2.49. The number of carbonyl (C=O) groups excluding carboxylic acids is 2. The molecule has 2 heterocycles. The zero-order valence-corrected chi connectivity index (χ0v) is 12.3. The number of primary amides is 1. The molecule has 0 bridgehead atoms. The maximum absolute atomic E-state index is 12.3. The summed E-state index contributed by atoms with van der Waals surface area (Å²) < 4.78 is 0. The average Bonchev–Trinajstić information content (AvgIpc) is 3.08. The van der Waals surface area contributed by atoms with Crippen molar-refractivity contribution in [3.8, 4) is 0 Å². The lowest BCUT2D eigenvalue weighted by Gasteiger charge is -2.39. The van der Waals surface area contributed by atoms with Crippen LogP contribution in [-0.4, -0.2) is 29.8 Å². The first-order valence-corrected chi connectivity index (χ1v) is 8.11. The number of rotatable bonds is 4. The number of thiophene rings is 1. The van der Waals surface area contributed by atoms with Crippen LogP contribution >= 0.6 is 11.3 Å². The second kappa shape index (κ2) is 5.20. The molecular formula is C15H20N2O2S. The van der Waals surface area contributed by atoms with Gasteiger partial charge in [-0.15, -0.1) is 11.3 Å². The molecule has 4 nitrogen and oxygen atoms in total. The summed E-state index contributed by atoms with van der Waals surface area (Å²) >= 11 is 1.47. The number of amides is 2. The molecule has 1 aliphatic carbocycles. The number of nitrogens with zero attached hydrogens (tertiary/aromatic N) is 1. The van der Waals surface area contributed by atoms with Crippen molar-refractivity contribution in [2.24, 2.45) is 17.1 Å². The quantitative estimate of drug-likeness (QED) is 0.925. The molecule has 2 aliphatic rings. The molecule has 3 rings (SSSR count). The van der Waals surface area contributed by atoms with E-state index in [9.17, 15) is 9.59 Å². The van der Waals surface area contributed by atoms with Gasteiger partial charge in [0, 0.05) is 13.1 Å². The molecule has 20 heavy (non-hydrogen) atoms. The number of hydrogen-bond acceptors (Lipinski definition) is 3. The lowest BCUT2D eigenvalue weighted by molar-refractivity contribution is -0.131. The van der Waals surface area contributed by atoms with E-state index < -0.39 is 0 Å². The Morgan fingerprint density at radius 1 is 1.35 bits per heavy atom. The van der Waals surface area contributed by atoms with Crippen molar-refractivity contribution in [1.29, 1.82) is 0 Å².